The average Bonchev–Trinajstić information content (AvgIpc) is 2.49. The Labute approximate surface area is 90.2 Å². The van der Waals surface area contributed by atoms with Crippen LogP contribution >= 0.6 is 22.6 Å². The van der Waals surface area contributed by atoms with E-state index in [1.807, 2.05) is 30.3 Å². The average molecular weight is 285 g/mol. The Hall–Kier alpha value is -0.840. The van der Waals surface area contributed by atoms with Crippen LogP contribution in [0.4, 0.5) is 0 Å². The van der Waals surface area contributed by atoms with Gasteiger partial charge in [-0.2, -0.15) is 0 Å². The summed E-state index contributed by atoms with van der Waals surface area (Å²) in [5.74, 6) is 0.159. The number of nitrogens with one attached hydrogen (secondary N) is 1. The van der Waals surface area contributed by atoms with Gasteiger partial charge in [0.05, 0.1) is 0 Å². The van der Waals surface area contributed by atoms with Crippen LogP contribution in [0.25, 0.3) is 5.57 Å². The Bertz CT molecular complexity index is 358. The second-order valence-corrected chi connectivity index (χ2v) is 4.06. The van der Waals surface area contributed by atoms with Crippen LogP contribution in [0.5, 0.6) is 0 Å². The maximum Gasteiger partial charge on any atom is 0.197 e. The highest BCUT2D eigenvalue weighted by Gasteiger charge is 2.24. The lowest BCUT2D eigenvalue weighted by molar-refractivity contribution is -0.112. The van der Waals surface area contributed by atoms with Crippen LogP contribution in [-0.4, -0.2) is 9.83 Å². The molecule has 1 aromatic carbocycles. The fourth-order valence-electron chi connectivity index (χ4n) is 1.28. The molecule has 0 saturated carbocycles. The van der Waals surface area contributed by atoms with Crippen LogP contribution in [-0.2, 0) is 4.79 Å². The monoisotopic (exact) mass is 285 g/mol. The highest BCUT2D eigenvalue weighted by Crippen LogP contribution is 2.22. The van der Waals surface area contributed by atoms with Gasteiger partial charge in [0.1, 0.15) is 4.05 Å². The molecule has 0 unspecified atom stereocenters. The standard InChI is InChI=1S/C10H8INO/c11-10-9(13)8(6-12-10)7-4-2-1-3-5-7/h1-6,10,12H/t10-/m1/s1. The minimum Gasteiger partial charge on any atom is -0.372 e. The zero-order valence-electron chi connectivity index (χ0n) is 6.83. The normalized spacial score (nSPS) is 21.2. The summed E-state index contributed by atoms with van der Waals surface area (Å²) in [5, 5.41) is 2.99. The highest BCUT2D eigenvalue weighted by atomic mass is 127. The summed E-state index contributed by atoms with van der Waals surface area (Å²) in [6, 6.07) is 9.70. The highest BCUT2D eigenvalue weighted by molar-refractivity contribution is 14.1. The molecule has 1 aromatic rings. The molecule has 1 heterocycles. The van der Waals surface area contributed by atoms with Crippen LogP contribution < -0.4 is 5.32 Å². The number of benzene rings is 1. The third-order valence-corrected chi connectivity index (χ3v) is 2.88. The fraction of sp³-hybridized carbons (Fsp3) is 0.100. The van der Waals surface area contributed by atoms with Crippen LogP contribution in [0, 0.1) is 0 Å². The first-order valence-corrected chi connectivity index (χ1v) is 5.23. The van der Waals surface area contributed by atoms with Gasteiger partial charge in [-0.05, 0) is 28.2 Å². The first kappa shape index (κ1) is 8.74. The van der Waals surface area contributed by atoms with Gasteiger partial charge in [0.25, 0.3) is 0 Å². The zero-order valence-corrected chi connectivity index (χ0v) is 8.99. The molecule has 13 heavy (non-hydrogen) atoms. The second-order valence-electron chi connectivity index (χ2n) is 2.82. The third-order valence-electron chi connectivity index (χ3n) is 1.95. The summed E-state index contributed by atoms with van der Waals surface area (Å²) in [5.41, 5.74) is 1.76. The van der Waals surface area contributed by atoms with Crippen LogP contribution in [0.3, 0.4) is 0 Å². The molecule has 66 valence electrons. The summed E-state index contributed by atoms with van der Waals surface area (Å²) < 4.78 is -0.104. The van der Waals surface area contributed by atoms with Crippen molar-refractivity contribution in [2.45, 2.75) is 4.05 Å². The summed E-state index contributed by atoms with van der Waals surface area (Å²) >= 11 is 2.09. The van der Waals surface area contributed by atoms with Gasteiger partial charge in [0.15, 0.2) is 5.78 Å². The number of hydrogen-bond donors (Lipinski definition) is 1. The van der Waals surface area contributed by atoms with E-state index < -0.39 is 0 Å². The number of rotatable bonds is 1. The number of carbonyl (C=O) groups is 1. The number of alkyl halides is 1. The molecular weight excluding hydrogens is 277 g/mol. The number of Topliss-reactive ketones (excluding diaryl/α,β-unsaturated/α-hetero) is 1. The molecule has 1 N–H and O–H groups in total. The van der Waals surface area contributed by atoms with Crippen molar-refractivity contribution >= 4 is 33.9 Å². The van der Waals surface area contributed by atoms with Crippen molar-refractivity contribution in [1.82, 2.24) is 5.32 Å². The van der Waals surface area contributed by atoms with E-state index in [1.165, 1.54) is 0 Å². The summed E-state index contributed by atoms with van der Waals surface area (Å²) in [7, 11) is 0. The Balaban J connectivity index is 2.34. The van der Waals surface area contributed by atoms with Crippen LogP contribution in [0.2, 0.25) is 0 Å². The molecule has 2 rings (SSSR count). The Kier molecular flexibility index (Phi) is 2.35. The topological polar surface area (TPSA) is 29.1 Å². The first-order chi connectivity index (χ1) is 6.29. The van der Waals surface area contributed by atoms with E-state index in [9.17, 15) is 4.79 Å². The smallest absolute Gasteiger partial charge is 0.197 e. The lowest BCUT2D eigenvalue weighted by Gasteiger charge is -2.00. The van der Waals surface area contributed by atoms with Crippen molar-refractivity contribution in [3.63, 3.8) is 0 Å². The molecule has 0 bridgehead atoms. The van der Waals surface area contributed by atoms with Crippen molar-refractivity contribution < 1.29 is 4.79 Å². The van der Waals surface area contributed by atoms with Crippen molar-refractivity contribution in [2.75, 3.05) is 0 Å². The molecule has 0 aromatic heterocycles. The lowest BCUT2D eigenvalue weighted by atomic mass is 10.1. The van der Waals surface area contributed by atoms with Crippen molar-refractivity contribution in [2.24, 2.45) is 0 Å². The molecule has 0 radical (unpaired) electrons. The molecule has 1 atom stereocenters. The minimum atomic E-state index is -0.104. The van der Waals surface area contributed by atoms with Crippen molar-refractivity contribution in [1.29, 1.82) is 0 Å². The van der Waals surface area contributed by atoms with Gasteiger partial charge in [0.2, 0.25) is 0 Å². The molecular formula is C10H8INO. The SMILES string of the molecule is O=C1C(c2ccccc2)=CN[C@H]1I. The summed E-state index contributed by atoms with van der Waals surface area (Å²) in [4.78, 5) is 11.6. The molecule has 3 heteroatoms. The molecule has 2 nitrogen and oxygen atoms in total. The Morgan fingerprint density at radius 1 is 1.23 bits per heavy atom. The maximum atomic E-state index is 11.6. The van der Waals surface area contributed by atoms with E-state index in [0.29, 0.717) is 0 Å². The number of halogens is 1. The van der Waals surface area contributed by atoms with E-state index in [2.05, 4.69) is 27.9 Å². The minimum absolute atomic E-state index is 0.104. The largest absolute Gasteiger partial charge is 0.372 e. The Morgan fingerprint density at radius 3 is 2.46 bits per heavy atom. The second kappa shape index (κ2) is 3.49. The van der Waals surface area contributed by atoms with E-state index in [1.54, 1.807) is 6.20 Å². The predicted molar refractivity (Wildman–Crippen MR) is 60.4 cm³/mol. The van der Waals surface area contributed by atoms with Crippen molar-refractivity contribution in [3.05, 3.63) is 42.1 Å². The molecule has 0 aliphatic carbocycles. The van der Waals surface area contributed by atoms with E-state index in [-0.39, 0.29) is 9.83 Å². The third kappa shape index (κ3) is 1.60. The predicted octanol–water partition coefficient (Wildman–Crippen LogP) is 1.96. The van der Waals surface area contributed by atoms with Crippen molar-refractivity contribution in [3.8, 4) is 0 Å². The fourth-order valence-corrected chi connectivity index (χ4v) is 1.80. The molecule has 1 aliphatic rings. The van der Waals surface area contributed by atoms with Gasteiger partial charge >= 0.3 is 0 Å². The van der Waals surface area contributed by atoms with Gasteiger partial charge in [-0.3, -0.25) is 4.79 Å². The Morgan fingerprint density at radius 2 is 1.92 bits per heavy atom. The molecule has 0 spiro atoms. The van der Waals surface area contributed by atoms with E-state index >= 15 is 0 Å². The number of ketones is 1. The lowest BCUT2D eigenvalue weighted by Crippen LogP contribution is -2.19. The van der Waals surface area contributed by atoms with Crippen LogP contribution in [0.15, 0.2) is 36.5 Å². The van der Waals surface area contributed by atoms with Gasteiger partial charge in [-0.25, -0.2) is 0 Å². The van der Waals surface area contributed by atoms with Gasteiger partial charge in [0, 0.05) is 11.8 Å². The zero-order chi connectivity index (χ0) is 9.26. The quantitative estimate of drug-likeness (QED) is 0.485. The molecule has 0 saturated heterocycles. The van der Waals surface area contributed by atoms with Gasteiger partial charge in [-0.1, -0.05) is 30.3 Å². The molecule has 0 fully saturated rings. The van der Waals surface area contributed by atoms with E-state index in [4.69, 9.17) is 0 Å². The summed E-state index contributed by atoms with van der Waals surface area (Å²) in [6.45, 7) is 0. The van der Waals surface area contributed by atoms with Crippen LogP contribution in [0.1, 0.15) is 5.56 Å². The van der Waals surface area contributed by atoms with E-state index in [0.717, 1.165) is 11.1 Å². The first-order valence-electron chi connectivity index (χ1n) is 3.99. The summed E-state index contributed by atoms with van der Waals surface area (Å²) in [6.07, 6.45) is 1.79. The van der Waals surface area contributed by atoms with Gasteiger partial charge in [-0.15, -0.1) is 0 Å². The number of carbonyl (C=O) groups excluding carboxylic acids is 1. The maximum absolute atomic E-state index is 11.6. The van der Waals surface area contributed by atoms with Gasteiger partial charge < -0.3 is 5.32 Å². The molecule has 0 amide bonds. The molecule has 1 aliphatic heterocycles. The number of hydrogen-bond acceptors (Lipinski definition) is 2.